The third kappa shape index (κ3) is 2.41. The molecule has 0 saturated carbocycles. The van der Waals surface area contributed by atoms with Crippen molar-refractivity contribution in [3.05, 3.63) is 24.0 Å². The van der Waals surface area contributed by atoms with Crippen molar-refractivity contribution in [1.82, 2.24) is 0 Å². The minimum atomic E-state index is -0.254. The molecule has 0 aliphatic heterocycles. The predicted molar refractivity (Wildman–Crippen MR) is 52.4 cm³/mol. The van der Waals surface area contributed by atoms with Crippen molar-refractivity contribution in [2.75, 3.05) is 5.32 Å². The molecule has 0 spiro atoms. The van der Waals surface area contributed by atoms with Gasteiger partial charge in [-0.25, -0.2) is 4.39 Å². The molecular formula is C9H12FNS. The number of halogens is 1. The van der Waals surface area contributed by atoms with E-state index in [1.165, 1.54) is 6.07 Å². The molecule has 0 atom stereocenters. The van der Waals surface area contributed by atoms with Crippen molar-refractivity contribution < 1.29 is 4.39 Å². The minimum Gasteiger partial charge on any atom is -0.381 e. The van der Waals surface area contributed by atoms with E-state index in [4.69, 9.17) is 0 Å². The van der Waals surface area contributed by atoms with Crippen molar-refractivity contribution in [3.63, 3.8) is 0 Å². The summed E-state index contributed by atoms with van der Waals surface area (Å²) in [6.45, 7) is 3.93. The van der Waals surface area contributed by atoms with Crippen LogP contribution in [0.5, 0.6) is 0 Å². The number of hydrogen-bond donors (Lipinski definition) is 2. The molecule has 1 aromatic carbocycles. The first-order valence-electron chi connectivity index (χ1n) is 3.84. The highest BCUT2D eigenvalue weighted by molar-refractivity contribution is 7.80. The topological polar surface area (TPSA) is 12.0 Å². The number of hydrogen-bond acceptors (Lipinski definition) is 2. The van der Waals surface area contributed by atoms with E-state index < -0.39 is 0 Å². The van der Waals surface area contributed by atoms with Crippen LogP contribution in [-0.2, 0) is 0 Å². The van der Waals surface area contributed by atoms with Crippen LogP contribution >= 0.6 is 12.6 Å². The maximum absolute atomic E-state index is 13.1. The second kappa shape index (κ2) is 3.81. The highest BCUT2D eigenvalue weighted by atomic mass is 32.1. The van der Waals surface area contributed by atoms with E-state index in [-0.39, 0.29) is 11.9 Å². The molecule has 12 heavy (non-hydrogen) atoms. The maximum Gasteiger partial charge on any atom is 0.147 e. The zero-order chi connectivity index (χ0) is 9.14. The largest absolute Gasteiger partial charge is 0.381 e. The molecule has 0 unspecified atom stereocenters. The minimum absolute atomic E-state index is 0.241. The SMILES string of the molecule is CC(C)Nc1ccc(S)cc1F. The maximum atomic E-state index is 13.1. The average molecular weight is 185 g/mol. The molecule has 1 rings (SSSR count). The second-order valence-corrected chi connectivity index (χ2v) is 3.48. The Morgan fingerprint density at radius 2 is 2.08 bits per heavy atom. The van der Waals surface area contributed by atoms with Gasteiger partial charge < -0.3 is 5.32 Å². The first-order valence-corrected chi connectivity index (χ1v) is 4.29. The molecule has 0 amide bonds. The van der Waals surface area contributed by atoms with Gasteiger partial charge in [0.15, 0.2) is 0 Å². The number of nitrogens with one attached hydrogen (secondary N) is 1. The van der Waals surface area contributed by atoms with Crippen LogP contribution in [-0.4, -0.2) is 6.04 Å². The van der Waals surface area contributed by atoms with Crippen LogP contribution in [0.2, 0.25) is 0 Å². The third-order valence-electron chi connectivity index (χ3n) is 1.40. The molecule has 0 saturated heterocycles. The summed E-state index contributed by atoms with van der Waals surface area (Å²) in [6.07, 6.45) is 0. The highest BCUT2D eigenvalue weighted by Crippen LogP contribution is 2.18. The number of benzene rings is 1. The van der Waals surface area contributed by atoms with Crippen molar-refractivity contribution in [1.29, 1.82) is 0 Å². The van der Waals surface area contributed by atoms with E-state index in [2.05, 4.69) is 17.9 Å². The molecule has 1 nitrogen and oxygen atoms in total. The van der Waals surface area contributed by atoms with Crippen LogP contribution in [0, 0.1) is 5.82 Å². The van der Waals surface area contributed by atoms with Gasteiger partial charge in [0, 0.05) is 10.9 Å². The Balaban J connectivity index is 2.86. The molecule has 1 N–H and O–H groups in total. The third-order valence-corrected chi connectivity index (χ3v) is 1.68. The molecule has 3 heteroatoms. The van der Waals surface area contributed by atoms with Gasteiger partial charge in [-0.1, -0.05) is 0 Å². The van der Waals surface area contributed by atoms with E-state index in [0.29, 0.717) is 10.6 Å². The zero-order valence-electron chi connectivity index (χ0n) is 7.13. The van der Waals surface area contributed by atoms with Gasteiger partial charge in [0.25, 0.3) is 0 Å². The molecule has 0 bridgehead atoms. The summed E-state index contributed by atoms with van der Waals surface area (Å²) in [4.78, 5) is 0.641. The summed E-state index contributed by atoms with van der Waals surface area (Å²) in [5.41, 5.74) is 0.530. The summed E-state index contributed by atoms with van der Waals surface area (Å²) in [5, 5.41) is 2.99. The first kappa shape index (κ1) is 9.39. The number of thiol groups is 1. The fourth-order valence-corrected chi connectivity index (χ4v) is 1.12. The van der Waals surface area contributed by atoms with Gasteiger partial charge in [-0.3, -0.25) is 0 Å². The van der Waals surface area contributed by atoms with E-state index in [1.807, 2.05) is 13.8 Å². The Morgan fingerprint density at radius 3 is 2.58 bits per heavy atom. The average Bonchev–Trinajstić information content (AvgIpc) is 1.94. The summed E-state index contributed by atoms with van der Waals surface area (Å²) in [7, 11) is 0. The number of rotatable bonds is 2. The Hall–Kier alpha value is -0.700. The van der Waals surface area contributed by atoms with E-state index in [1.54, 1.807) is 12.1 Å². The fraction of sp³-hybridized carbons (Fsp3) is 0.333. The highest BCUT2D eigenvalue weighted by Gasteiger charge is 2.02. The van der Waals surface area contributed by atoms with Crippen LogP contribution in [0.4, 0.5) is 10.1 Å². The summed E-state index contributed by atoms with van der Waals surface area (Å²) < 4.78 is 13.1. The molecule has 0 aliphatic rings. The number of anilines is 1. The normalized spacial score (nSPS) is 10.4. The summed E-state index contributed by atoms with van der Waals surface area (Å²) in [6, 6.07) is 5.09. The Bertz CT molecular complexity index is 273. The van der Waals surface area contributed by atoms with Crippen LogP contribution in [0.15, 0.2) is 23.1 Å². The van der Waals surface area contributed by atoms with Gasteiger partial charge >= 0.3 is 0 Å². The van der Waals surface area contributed by atoms with E-state index in [0.717, 1.165) is 0 Å². The Morgan fingerprint density at radius 1 is 1.42 bits per heavy atom. The van der Waals surface area contributed by atoms with Gasteiger partial charge in [-0.05, 0) is 32.0 Å². The van der Waals surface area contributed by atoms with Crippen molar-refractivity contribution in [3.8, 4) is 0 Å². The standard InChI is InChI=1S/C9H12FNS/c1-6(2)11-9-4-3-7(12)5-8(9)10/h3-6,11-12H,1-2H3. The van der Waals surface area contributed by atoms with Crippen LogP contribution in [0.25, 0.3) is 0 Å². The molecule has 0 aliphatic carbocycles. The summed E-state index contributed by atoms with van der Waals surface area (Å²) in [5.74, 6) is -0.254. The first-order chi connectivity index (χ1) is 5.59. The lowest BCUT2D eigenvalue weighted by Gasteiger charge is -2.10. The monoisotopic (exact) mass is 185 g/mol. The molecule has 1 aromatic rings. The van der Waals surface area contributed by atoms with Gasteiger partial charge in [0.2, 0.25) is 0 Å². The molecule has 66 valence electrons. The van der Waals surface area contributed by atoms with Crippen molar-refractivity contribution >= 4 is 18.3 Å². The lowest BCUT2D eigenvalue weighted by Crippen LogP contribution is -2.10. The quantitative estimate of drug-likeness (QED) is 0.675. The lowest BCUT2D eigenvalue weighted by atomic mass is 10.3. The molecule has 0 radical (unpaired) electrons. The van der Waals surface area contributed by atoms with Gasteiger partial charge in [-0.15, -0.1) is 12.6 Å². The zero-order valence-corrected chi connectivity index (χ0v) is 8.03. The molecular weight excluding hydrogens is 173 g/mol. The second-order valence-electron chi connectivity index (χ2n) is 2.96. The van der Waals surface area contributed by atoms with Gasteiger partial charge in [-0.2, -0.15) is 0 Å². The molecule has 0 heterocycles. The van der Waals surface area contributed by atoms with Crippen LogP contribution in [0.3, 0.4) is 0 Å². The van der Waals surface area contributed by atoms with Crippen molar-refractivity contribution in [2.45, 2.75) is 24.8 Å². The predicted octanol–water partition coefficient (Wildman–Crippen LogP) is 2.93. The fourth-order valence-electron chi connectivity index (χ4n) is 0.932. The Kier molecular flexibility index (Phi) is 2.98. The molecule has 0 aromatic heterocycles. The van der Waals surface area contributed by atoms with E-state index >= 15 is 0 Å². The molecule has 0 fully saturated rings. The summed E-state index contributed by atoms with van der Waals surface area (Å²) >= 11 is 4.02. The van der Waals surface area contributed by atoms with Crippen molar-refractivity contribution in [2.24, 2.45) is 0 Å². The smallest absolute Gasteiger partial charge is 0.147 e. The lowest BCUT2D eigenvalue weighted by molar-refractivity contribution is 0.624. The van der Waals surface area contributed by atoms with Gasteiger partial charge in [0.1, 0.15) is 5.82 Å². The van der Waals surface area contributed by atoms with Gasteiger partial charge in [0.05, 0.1) is 5.69 Å². The van der Waals surface area contributed by atoms with E-state index in [9.17, 15) is 4.39 Å². The van der Waals surface area contributed by atoms with Crippen LogP contribution < -0.4 is 5.32 Å². The Labute approximate surface area is 77.4 Å². The van der Waals surface area contributed by atoms with Crippen LogP contribution in [0.1, 0.15) is 13.8 Å².